The van der Waals surface area contributed by atoms with E-state index in [0.29, 0.717) is 81.6 Å². The van der Waals surface area contributed by atoms with E-state index in [2.05, 4.69) is 20.4 Å². The molecule has 0 aliphatic carbocycles. The van der Waals surface area contributed by atoms with Crippen molar-refractivity contribution < 1.29 is 18.9 Å². The minimum absolute atomic E-state index is 0.0288. The molecule has 1 saturated heterocycles. The summed E-state index contributed by atoms with van der Waals surface area (Å²) >= 11 is 0. The van der Waals surface area contributed by atoms with Crippen LogP contribution in [-0.2, 0) is 29.1 Å². The lowest BCUT2D eigenvalue weighted by Gasteiger charge is -2.34. The van der Waals surface area contributed by atoms with E-state index in [9.17, 15) is 14.4 Å². The molecule has 0 bridgehead atoms. The molecule has 2 heterocycles. The molecule has 0 spiro atoms. The van der Waals surface area contributed by atoms with Crippen LogP contribution in [0.5, 0.6) is 0 Å². The highest BCUT2D eigenvalue weighted by atomic mass is 16.5. The van der Waals surface area contributed by atoms with E-state index in [-0.39, 0.29) is 17.7 Å². The third-order valence-corrected chi connectivity index (χ3v) is 6.49. The van der Waals surface area contributed by atoms with Gasteiger partial charge in [-0.2, -0.15) is 4.98 Å². The largest absolute Gasteiger partial charge is 0.339 e. The zero-order valence-electron chi connectivity index (χ0n) is 21.9. The van der Waals surface area contributed by atoms with E-state index in [0.717, 1.165) is 5.56 Å². The summed E-state index contributed by atoms with van der Waals surface area (Å²) in [5, 5.41) is 6.79. The van der Waals surface area contributed by atoms with Gasteiger partial charge in [0.15, 0.2) is 5.82 Å². The number of hydrogen-bond acceptors (Lipinski definition) is 7. The molecule has 4 rings (SSSR count). The summed E-state index contributed by atoms with van der Waals surface area (Å²) in [6.07, 6.45) is 0.717. The van der Waals surface area contributed by atoms with Gasteiger partial charge >= 0.3 is 0 Å². The van der Waals surface area contributed by atoms with Crippen molar-refractivity contribution in [1.29, 1.82) is 0 Å². The van der Waals surface area contributed by atoms with Gasteiger partial charge in [-0.3, -0.25) is 19.3 Å². The molecule has 1 N–H and O–H groups in total. The van der Waals surface area contributed by atoms with E-state index in [1.54, 1.807) is 24.3 Å². The SMILES string of the molecule is CCN(Cc1ccccc1)C(=O)CCc1nc(CN2CCN(C(=O)c3ccc(NC(C)=O)cc3)CC2)no1. The van der Waals surface area contributed by atoms with Crippen LogP contribution in [0.4, 0.5) is 5.69 Å². The van der Waals surface area contributed by atoms with E-state index in [1.807, 2.05) is 47.1 Å². The Kier molecular flexibility index (Phi) is 9.21. The highest BCUT2D eigenvalue weighted by molar-refractivity contribution is 5.95. The smallest absolute Gasteiger partial charge is 0.253 e. The Morgan fingerprint density at radius 3 is 2.37 bits per heavy atom. The maximum absolute atomic E-state index is 12.8. The normalized spacial score (nSPS) is 13.8. The maximum atomic E-state index is 12.8. The minimum Gasteiger partial charge on any atom is -0.339 e. The van der Waals surface area contributed by atoms with Gasteiger partial charge in [-0.15, -0.1) is 0 Å². The number of anilines is 1. The van der Waals surface area contributed by atoms with Crippen molar-refractivity contribution in [1.82, 2.24) is 24.8 Å². The van der Waals surface area contributed by atoms with Crippen LogP contribution in [0.3, 0.4) is 0 Å². The van der Waals surface area contributed by atoms with Crippen molar-refractivity contribution in [3.8, 4) is 0 Å². The average molecular weight is 519 g/mol. The molecule has 10 heteroatoms. The van der Waals surface area contributed by atoms with Gasteiger partial charge in [0.25, 0.3) is 5.91 Å². The first kappa shape index (κ1) is 27.0. The Hall–Kier alpha value is -4.05. The Labute approximate surface area is 222 Å². The summed E-state index contributed by atoms with van der Waals surface area (Å²) in [5.74, 6) is 0.919. The molecular formula is C28H34N6O4. The Morgan fingerprint density at radius 1 is 1.00 bits per heavy atom. The number of nitrogens with one attached hydrogen (secondary N) is 1. The molecule has 0 saturated carbocycles. The molecule has 0 radical (unpaired) electrons. The summed E-state index contributed by atoms with van der Waals surface area (Å²) in [6, 6.07) is 16.9. The second kappa shape index (κ2) is 13.0. The van der Waals surface area contributed by atoms with Gasteiger partial charge in [0.1, 0.15) is 0 Å². The van der Waals surface area contributed by atoms with Crippen molar-refractivity contribution in [3.63, 3.8) is 0 Å². The molecule has 38 heavy (non-hydrogen) atoms. The van der Waals surface area contributed by atoms with Crippen molar-refractivity contribution >= 4 is 23.4 Å². The quantitative estimate of drug-likeness (QED) is 0.439. The number of carbonyl (C=O) groups excluding carboxylic acids is 3. The minimum atomic E-state index is -0.149. The lowest BCUT2D eigenvalue weighted by Crippen LogP contribution is -2.48. The highest BCUT2D eigenvalue weighted by Crippen LogP contribution is 2.15. The molecule has 2 aromatic carbocycles. The third kappa shape index (κ3) is 7.48. The van der Waals surface area contributed by atoms with Gasteiger partial charge in [0.2, 0.25) is 17.7 Å². The predicted octanol–water partition coefficient (Wildman–Crippen LogP) is 2.97. The Balaban J connectivity index is 1.21. The highest BCUT2D eigenvalue weighted by Gasteiger charge is 2.23. The Bertz CT molecular complexity index is 1220. The van der Waals surface area contributed by atoms with Crippen LogP contribution in [0.2, 0.25) is 0 Å². The van der Waals surface area contributed by atoms with E-state index in [4.69, 9.17) is 4.52 Å². The van der Waals surface area contributed by atoms with E-state index < -0.39 is 0 Å². The van der Waals surface area contributed by atoms with Crippen molar-refractivity contribution in [2.45, 2.75) is 39.8 Å². The second-order valence-electron chi connectivity index (χ2n) is 9.32. The Morgan fingerprint density at radius 2 is 1.71 bits per heavy atom. The summed E-state index contributed by atoms with van der Waals surface area (Å²) in [6.45, 7) is 7.76. The number of piperazine rings is 1. The molecule has 1 fully saturated rings. The van der Waals surface area contributed by atoms with Gasteiger partial charge in [0.05, 0.1) is 6.54 Å². The summed E-state index contributed by atoms with van der Waals surface area (Å²) in [4.78, 5) is 47.0. The fraction of sp³-hybridized carbons (Fsp3) is 0.393. The van der Waals surface area contributed by atoms with Crippen molar-refractivity contribution in [2.75, 3.05) is 38.0 Å². The van der Waals surface area contributed by atoms with Gasteiger partial charge < -0.3 is 19.6 Å². The first-order valence-electron chi connectivity index (χ1n) is 12.9. The van der Waals surface area contributed by atoms with Gasteiger partial charge in [-0.1, -0.05) is 35.5 Å². The van der Waals surface area contributed by atoms with Gasteiger partial charge in [-0.05, 0) is 36.8 Å². The second-order valence-corrected chi connectivity index (χ2v) is 9.32. The molecule has 1 aromatic heterocycles. The number of aryl methyl sites for hydroxylation is 1. The van der Waals surface area contributed by atoms with Gasteiger partial charge in [0, 0.05) is 70.3 Å². The number of carbonyl (C=O) groups is 3. The van der Waals surface area contributed by atoms with E-state index in [1.165, 1.54) is 6.92 Å². The maximum Gasteiger partial charge on any atom is 0.253 e. The number of nitrogens with zero attached hydrogens (tertiary/aromatic N) is 5. The van der Waals surface area contributed by atoms with Crippen LogP contribution in [0.1, 0.15) is 47.9 Å². The van der Waals surface area contributed by atoms with E-state index >= 15 is 0 Å². The van der Waals surface area contributed by atoms with Crippen LogP contribution in [-0.4, -0.2) is 75.3 Å². The zero-order chi connectivity index (χ0) is 26.9. The summed E-state index contributed by atoms with van der Waals surface area (Å²) in [5.41, 5.74) is 2.36. The third-order valence-electron chi connectivity index (χ3n) is 6.49. The number of amides is 3. The topological polar surface area (TPSA) is 112 Å². The lowest BCUT2D eigenvalue weighted by atomic mass is 10.1. The van der Waals surface area contributed by atoms with Crippen LogP contribution >= 0.6 is 0 Å². The number of hydrogen-bond donors (Lipinski definition) is 1. The standard InChI is InChI=1S/C28H34N6O4/c1-3-33(19-22-7-5-4-6-8-22)27(36)14-13-26-30-25(31-38-26)20-32-15-17-34(18-16-32)28(37)23-9-11-24(12-10-23)29-21(2)35/h4-12H,3,13-20H2,1-2H3,(H,29,35). The average Bonchev–Trinajstić information content (AvgIpc) is 3.38. The number of aromatic nitrogens is 2. The monoisotopic (exact) mass is 518 g/mol. The fourth-order valence-electron chi connectivity index (χ4n) is 4.40. The number of rotatable bonds is 10. The van der Waals surface area contributed by atoms with Crippen LogP contribution < -0.4 is 5.32 Å². The molecule has 1 aliphatic rings. The van der Waals surface area contributed by atoms with Crippen molar-refractivity contribution in [2.24, 2.45) is 0 Å². The zero-order valence-corrected chi connectivity index (χ0v) is 21.9. The molecule has 0 atom stereocenters. The molecule has 3 aromatic rings. The molecule has 200 valence electrons. The first-order valence-corrected chi connectivity index (χ1v) is 12.9. The molecule has 1 aliphatic heterocycles. The summed E-state index contributed by atoms with van der Waals surface area (Å²) < 4.78 is 5.39. The lowest BCUT2D eigenvalue weighted by molar-refractivity contribution is -0.131. The van der Waals surface area contributed by atoms with Crippen LogP contribution in [0.25, 0.3) is 0 Å². The molecule has 3 amide bonds. The van der Waals surface area contributed by atoms with Crippen molar-refractivity contribution in [3.05, 3.63) is 77.4 Å². The summed E-state index contributed by atoms with van der Waals surface area (Å²) in [7, 11) is 0. The first-order chi connectivity index (χ1) is 18.4. The molecule has 10 nitrogen and oxygen atoms in total. The van der Waals surface area contributed by atoms with Crippen LogP contribution in [0, 0.1) is 0 Å². The predicted molar refractivity (Wildman–Crippen MR) is 142 cm³/mol. The molecular weight excluding hydrogens is 484 g/mol. The van der Waals surface area contributed by atoms with Gasteiger partial charge in [-0.25, -0.2) is 0 Å². The fourth-order valence-corrected chi connectivity index (χ4v) is 4.40. The number of benzene rings is 2. The van der Waals surface area contributed by atoms with Crippen LogP contribution in [0.15, 0.2) is 59.1 Å². The molecule has 0 unspecified atom stereocenters.